The zero-order chi connectivity index (χ0) is 13.2. The van der Waals surface area contributed by atoms with Crippen LogP contribution < -0.4 is 5.32 Å². The maximum absolute atomic E-state index is 11.8. The van der Waals surface area contributed by atoms with Gasteiger partial charge in [0, 0.05) is 6.54 Å². The highest BCUT2D eigenvalue weighted by molar-refractivity contribution is 6.04. The number of carboxylic acids is 1. The van der Waals surface area contributed by atoms with Gasteiger partial charge in [-0.3, -0.25) is 9.59 Å². The van der Waals surface area contributed by atoms with Crippen LogP contribution in [0.3, 0.4) is 0 Å². The van der Waals surface area contributed by atoms with Crippen molar-refractivity contribution in [3.63, 3.8) is 0 Å². The van der Waals surface area contributed by atoms with Gasteiger partial charge in [0.2, 0.25) is 5.91 Å². The van der Waals surface area contributed by atoms with Crippen LogP contribution in [0.15, 0.2) is 0 Å². The van der Waals surface area contributed by atoms with E-state index >= 15 is 0 Å². The fraction of sp³-hybridized carbons (Fsp3) is 0.846. The number of rotatable bonds is 5. The van der Waals surface area contributed by atoms with E-state index in [0.717, 1.165) is 32.5 Å². The minimum Gasteiger partial charge on any atom is -0.480 e. The minimum absolute atomic E-state index is 0.284. The van der Waals surface area contributed by atoms with Crippen molar-refractivity contribution in [1.82, 2.24) is 10.2 Å². The van der Waals surface area contributed by atoms with Crippen LogP contribution in [-0.4, -0.2) is 48.1 Å². The van der Waals surface area contributed by atoms with E-state index in [9.17, 15) is 9.59 Å². The number of amides is 1. The molecule has 18 heavy (non-hydrogen) atoms. The van der Waals surface area contributed by atoms with Crippen molar-refractivity contribution in [3.8, 4) is 0 Å². The smallest absolute Gasteiger partial charge is 0.319 e. The number of hydrogen-bond acceptors (Lipinski definition) is 3. The lowest BCUT2D eigenvalue weighted by molar-refractivity contribution is -0.149. The molecule has 1 aliphatic heterocycles. The SMILES string of the molecule is CCN1CCC(CNC(=O)C2(C(=O)O)CC2)CC1. The number of carboxylic acid groups (broad SMARTS) is 1. The van der Waals surface area contributed by atoms with E-state index in [0.29, 0.717) is 25.3 Å². The van der Waals surface area contributed by atoms with Gasteiger partial charge in [-0.1, -0.05) is 6.92 Å². The zero-order valence-corrected chi connectivity index (χ0v) is 10.9. The molecule has 2 aliphatic rings. The van der Waals surface area contributed by atoms with E-state index in [-0.39, 0.29) is 5.91 Å². The predicted molar refractivity (Wildman–Crippen MR) is 67.2 cm³/mol. The van der Waals surface area contributed by atoms with E-state index < -0.39 is 11.4 Å². The van der Waals surface area contributed by atoms with Gasteiger partial charge < -0.3 is 15.3 Å². The molecule has 5 heteroatoms. The quantitative estimate of drug-likeness (QED) is 0.709. The van der Waals surface area contributed by atoms with Crippen LogP contribution in [0.5, 0.6) is 0 Å². The Balaban J connectivity index is 1.73. The van der Waals surface area contributed by atoms with E-state index in [1.54, 1.807) is 0 Å². The summed E-state index contributed by atoms with van der Waals surface area (Å²) in [4.78, 5) is 25.2. The molecule has 1 aliphatic carbocycles. The van der Waals surface area contributed by atoms with Crippen LogP contribution in [0.2, 0.25) is 0 Å². The number of nitrogens with one attached hydrogen (secondary N) is 1. The average molecular weight is 254 g/mol. The highest BCUT2D eigenvalue weighted by Crippen LogP contribution is 2.46. The molecule has 5 nitrogen and oxygen atoms in total. The number of nitrogens with zero attached hydrogens (tertiary/aromatic N) is 1. The third-order valence-electron chi connectivity index (χ3n) is 4.30. The van der Waals surface area contributed by atoms with Crippen molar-refractivity contribution in [2.45, 2.75) is 32.6 Å². The van der Waals surface area contributed by atoms with Gasteiger partial charge in [-0.2, -0.15) is 0 Å². The molecule has 1 saturated carbocycles. The summed E-state index contributed by atoms with van der Waals surface area (Å²) in [7, 11) is 0. The third-order valence-corrected chi connectivity index (χ3v) is 4.30. The molecule has 102 valence electrons. The normalized spacial score (nSPS) is 23.6. The fourth-order valence-electron chi connectivity index (χ4n) is 2.58. The molecule has 0 bridgehead atoms. The maximum atomic E-state index is 11.8. The average Bonchev–Trinajstić information content (AvgIpc) is 3.18. The molecule has 0 radical (unpaired) electrons. The molecule has 0 aromatic rings. The Bertz CT molecular complexity index is 331. The molecular formula is C13H22N2O3. The number of aliphatic carboxylic acids is 1. The van der Waals surface area contributed by atoms with Gasteiger partial charge in [-0.15, -0.1) is 0 Å². The Hall–Kier alpha value is -1.10. The summed E-state index contributed by atoms with van der Waals surface area (Å²) in [5.41, 5.74) is -1.09. The molecule has 0 atom stereocenters. The van der Waals surface area contributed by atoms with Crippen molar-refractivity contribution in [1.29, 1.82) is 0 Å². The molecule has 2 fully saturated rings. The highest BCUT2D eigenvalue weighted by Gasteiger charge is 2.57. The number of likely N-dealkylation sites (tertiary alicyclic amines) is 1. The highest BCUT2D eigenvalue weighted by atomic mass is 16.4. The van der Waals surface area contributed by atoms with E-state index in [4.69, 9.17) is 5.11 Å². The topological polar surface area (TPSA) is 69.6 Å². The van der Waals surface area contributed by atoms with Gasteiger partial charge in [0.05, 0.1) is 0 Å². The molecule has 0 aromatic carbocycles. The van der Waals surface area contributed by atoms with Crippen molar-refractivity contribution in [2.24, 2.45) is 11.3 Å². The first-order chi connectivity index (χ1) is 8.58. The van der Waals surface area contributed by atoms with Crippen LogP contribution in [-0.2, 0) is 9.59 Å². The minimum atomic E-state index is -1.09. The van der Waals surface area contributed by atoms with Gasteiger partial charge in [0.15, 0.2) is 0 Å². The van der Waals surface area contributed by atoms with Crippen molar-refractivity contribution in [3.05, 3.63) is 0 Å². The monoisotopic (exact) mass is 254 g/mol. The summed E-state index contributed by atoms with van der Waals surface area (Å²) in [6, 6.07) is 0. The Morgan fingerprint density at radius 1 is 1.33 bits per heavy atom. The second-order valence-electron chi connectivity index (χ2n) is 5.47. The number of carbonyl (C=O) groups excluding carboxylic acids is 1. The lowest BCUT2D eigenvalue weighted by Gasteiger charge is -2.31. The van der Waals surface area contributed by atoms with Crippen LogP contribution in [0.1, 0.15) is 32.6 Å². The fourth-order valence-corrected chi connectivity index (χ4v) is 2.58. The Labute approximate surface area is 108 Å². The van der Waals surface area contributed by atoms with Crippen LogP contribution >= 0.6 is 0 Å². The maximum Gasteiger partial charge on any atom is 0.319 e. The second-order valence-corrected chi connectivity index (χ2v) is 5.47. The summed E-state index contributed by atoms with van der Waals surface area (Å²) in [5.74, 6) is -0.755. The summed E-state index contributed by atoms with van der Waals surface area (Å²) in [6.45, 7) is 6.04. The molecule has 0 spiro atoms. The molecule has 1 saturated heterocycles. The Morgan fingerprint density at radius 2 is 1.94 bits per heavy atom. The molecule has 1 amide bonds. The lowest BCUT2D eigenvalue weighted by atomic mass is 9.96. The summed E-state index contributed by atoms with van der Waals surface area (Å²) in [5, 5.41) is 11.8. The first kappa shape index (κ1) is 13.3. The summed E-state index contributed by atoms with van der Waals surface area (Å²) >= 11 is 0. The van der Waals surface area contributed by atoms with Crippen molar-refractivity contribution < 1.29 is 14.7 Å². The standard InChI is InChI=1S/C13H22N2O3/c1-2-15-7-3-10(4-8-15)9-14-11(16)13(5-6-13)12(17)18/h10H,2-9H2,1H3,(H,14,16)(H,17,18). The lowest BCUT2D eigenvalue weighted by Crippen LogP contribution is -2.42. The van der Waals surface area contributed by atoms with Gasteiger partial charge >= 0.3 is 5.97 Å². The first-order valence-corrected chi connectivity index (χ1v) is 6.82. The Morgan fingerprint density at radius 3 is 2.39 bits per heavy atom. The first-order valence-electron chi connectivity index (χ1n) is 6.82. The molecule has 0 unspecified atom stereocenters. The Kier molecular flexibility index (Phi) is 3.90. The van der Waals surface area contributed by atoms with Gasteiger partial charge in [0.1, 0.15) is 5.41 Å². The number of hydrogen-bond donors (Lipinski definition) is 2. The van der Waals surface area contributed by atoms with Crippen molar-refractivity contribution in [2.75, 3.05) is 26.2 Å². The van der Waals surface area contributed by atoms with E-state index in [1.165, 1.54) is 0 Å². The third kappa shape index (κ3) is 2.66. The van der Waals surface area contributed by atoms with Crippen LogP contribution in [0, 0.1) is 11.3 Å². The van der Waals surface area contributed by atoms with E-state index in [2.05, 4.69) is 17.1 Å². The van der Waals surface area contributed by atoms with Crippen LogP contribution in [0.25, 0.3) is 0 Å². The molecule has 2 rings (SSSR count). The predicted octanol–water partition coefficient (Wildman–Crippen LogP) is 0.699. The van der Waals surface area contributed by atoms with Gasteiger partial charge in [-0.05, 0) is 51.2 Å². The molecule has 2 N–H and O–H groups in total. The van der Waals surface area contributed by atoms with E-state index in [1.807, 2.05) is 0 Å². The van der Waals surface area contributed by atoms with Crippen molar-refractivity contribution >= 4 is 11.9 Å². The molecule has 0 aromatic heterocycles. The molecular weight excluding hydrogens is 232 g/mol. The number of piperidine rings is 1. The van der Waals surface area contributed by atoms with Gasteiger partial charge in [-0.25, -0.2) is 0 Å². The van der Waals surface area contributed by atoms with Crippen LogP contribution in [0.4, 0.5) is 0 Å². The second kappa shape index (κ2) is 5.26. The molecule has 1 heterocycles. The summed E-state index contributed by atoms with van der Waals surface area (Å²) < 4.78 is 0. The summed E-state index contributed by atoms with van der Waals surface area (Å²) in [6.07, 6.45) is 3.16. The largest absolute Gasteiger partial charge is 0.480 e. The number of carbonyl (C=O) groups is 2. The zero-order valence-electron chi connectivity index (χ0n) is 10.9. The van der Waals surface area contributed by atoms with Gasteiger partial charge in [0.25, 0.3) is 0 Å².